The summed E-state index contributed by atoms with van der Waals surface area (Å²) >= 11 is 5.90. The van der Waals surface area contributed by atoms with Gasteiger partial charge in [0.05, 0.1) is 6.61 Å². The molecule has 0 bridgehead atoms. The Morgan fingerprint density at radius 1 is 0.966 bits per heavy atom. The minimum absolute atomic E-state index is 0.202. The minimum Gasteiger partial charge on any atom is -0.491 e. The third kappa shape index (κ3) is 5.22. The average Bonchev–Trinajstić information content (AvgIpc) is 3.27. The first-order valence-electron chi connectivity index (χ1n) is 10.2. The van der Waals surface area contributed by atoms with Crippen LogP contribution in [-0.4, -0.2) is 42.7 Å². The lowest BCUT2D eigenvalue weighted by molar-refractivity contribution is -0.160. The molecule has 3 rings (SSSR count). The number of rotatable bonds is 9. The average molecular weight is 418 g/mol. The van der Waals surface area contributed by atoms with E-state index in [0.717, 1.165) is 25.9 Å². The molecule has 0 amide bonds. The second kappa shape index (κ2) is 9.99. The van der Waals surface area contributed by atoms with Gasteiger partial charge in [0.15, 0.2) is 5.54 Å². The zero-order valence-corrected chi connectivity index (χ0v) is 17.8. The molecule has 5 nitrogen and oxygen atoms in total. The van der Waals surface area contributed by atoms with E-state index >= 15 is 0 Å². The highest BCUT2D eigenvalue weighted by molar-refractivity contribution is 6.30. The maximum atomic E-state index is 12.8. The third-order valence-electron chi connectivity index (χ3n) is 5.30. The van der Waals surface area contributed by atoms with Crippen LogP contribution in [0.1, 0.15) is 33.1 Å². The second-order valence-corrected chi connectivity index (χ2v) is 7.55. The van der Waals surface area contributed by atoms with E-state index in [-0.39, 0.29) is 12.6 Å². The van der Waals surface area contributed by atoms with Crippen molar-refractivity contribution >= 4 is 17.6 Å². The molecule has 1 aliphatic rings. The summed E-state index contributed by atoms with van der Waals surface area (Å²) in [6, 6.07) is 14.6. The Morgan fingerprint density at radius 3 is 2.07 bits per heavy atom. The molecule has 1 heterocycles. The highest BCUT2D eigenvalue weighted by Gasteiger charge is 2.45. The minimum atomic E-state index is -0.745. The summed E-state index contributed by atoms with van der Waals surface area (Å²) in [5.74, 6) is 1.90. The molecule has 6 heteroatoms. The Balaban J connectivity index is 1.67. The van der Waals surface area contributed by atoms with Crippen molar-refractivity contribution in [2.24, 2.45) is 0 Å². The van der Waals surface area contributed by atoms with E-state index in [0.29, 0.717) is 35.3 Å². The lowest BCUT2D eigenvalue weighted by Gasteiger charge is -2.38. The number of ether oxygens (including phenoxy) is 3. The first kappa shape index (κ1) is 21.5. The maximum Gasteiger partial charge on any atom is 0.330 e. The van der Waals surface area contributed by atoms with Gasteiger partial charge in [-0.1, -0.05) is 18.5 Å². The smallest absolute Gasteiger partial charge is 0.330 e. The number of benzene rings is 2. The van der Waals surface area contributed by atoms with Crippen LogP contribution in [0.3, 0.4) is 0 Å². The van der Waals surface area contributed by atoms with Crippen molar-refractivity contribution in [1.29, 1.82) is 0 Å². The first-order chi connectivity index (χ1) is 14.1. The normalized spacial score (nSPS) is 16.2. The van der Waals surface area contributed by atoms with Crippen molar-refractivity contribution in [2.75, 3.05) is 26.3 Å². The number of hydrogen-bond acceptors (Lipinski definition) is 5. The predicted octanol–water partition coefficient (Wildman–Crippen LogP) is 5.32. The van der Waals surface area contributed by atoms with E-state index in [1.807, 2.05) is 50.2 Å². The molecule has 0 saturated carbocycles. The van der Waals surface area contributed by atoms with Crippen LogP contribution in [0.2, 0.25) is 5.02 Å². The standard InChI is InChI=1S/C23H28ClNO4/c1-3-23(22(26)27-4-2,25-15-5-6-16-25)17-28-19-11-13-21(14-12-19)29-20-9-7-18(24)8-10-20/h7-14H,3-6,15-17H2,1-2H3. The number of carbonyl (C=O) groups excluding carboxylic acids is 1. The SMILES string of the molecule is CCOC(=O)C(CC)(COc1ccc(Oc2ccc(Cl)cc2)cc1)N1CCCC1. The van der Waals surface area contributed by atoms with E-state index in [1.54, 1.807) is 12.1 Å². The van der Waals surface area contributed by atoms with Gasteiger partial charge in [-0.2, -0.15) is 0 Å². The Bertz CT molecular complexity index is 788. The number of nitrogens with zero attached hydrogens (tertiary/aromatic N) is 1. The van der Waals surface area contributed by atoms with Crippen LogP contribution in [0.15, 0.2) is 48.5 Å². The largest absolute Gasteiger partial charge is 0.491 e. The molecule has 0 N–H and O–H groups in total. The molecule has 0 aromatic heterocycles. The Labute approximate surface area is 177 Å². The number of hydrogen-bond donors (Lipinski definition) is 0. The highest BCUT2D eigenvalue weighted by Crippen LogP contribution is 2.29. The number of likely N-dealkylation sites (tertiary alicyclic amines) is 1. The molecule has 156 valence electrons. The van der Waals surface area contributed by atoms with E-state index in [1.165, 1.54) is 0 Å². The van der Waals surface area contributed by atoms with Gasteiger partial charge in [0.2, 0.25) is 0 Å². The maximum absolute atomic E-state index is 12.8. The van der Waals surface area contributed by atoms with Gasteiger partial charge in [-0.3, -0.25) is 4.90 Å². The fourth-order valence-electron chi connectivity index (χ4n) is 3.61. The van der Waals surface area contributed by atoms with Crippen molar-refractivity contribution in [3.05, 3.63) is 53.6 Å². The monoisotopic (exact) mass is 417 g/mol. The molecule has 2 aromatic rings. The van der Waals surface area contributed by atoms with Crippen LogP contribution >= 0.6 is 11.6 Å². The van der Waals surface area contributed by atoms with Crippen molar-refractivity contribution < 1.29 is 19.0 Å². The van der Waals surface area contributed by atoms with Gasteiger partial charge in [-0.25, -0.2) is 4.79 Å². The molecule has 1 atom stereocenters. The predicted molar refractivity (Wildman–Crippen MR) is 114 cm³/mol. The highest BCUT2D eigenvalue weighted by atomic mass is 35.5. The molecule has 1 fully saturated rings. The van der Waals surface area contributed by atoms with Crippen LogP contribution in [0.5, 0.6) is 17.2 Å². The molecule has 0 spiro atoms. The summed E-state index contributed by atoms with van der Waals surface area (Å²) in [5.41, 5.74) is -0.745. The van der Waals surface area contributed by atoms with Gasteiger partial charge >= 0.3 is 5.97 Å². The number of halogens is 1. The van der Waals surface area contributed by atoms with Gasteiger partial charge in [-0.15, -0.1) is 0 Å². The Hall–Kier alpha value is -2.24. The fourth-order valence-corrected chi connectivity index (χ4v) is 3.73. The van der Waals surface area contributed by atoms with E-state index in [9.17, 15) is 4.79 Å². The van der Waals surface area contributed by atoms with Gasteiger partial charge in [0, 0.05) is 5.02 Å². The van der Waals surface area contributed by atoms with Crippen LogP contribution in [0.4, 0.5) is 0 Å². The van der Waals surface area contributed by atoms with Crippen LogP contribution in [0, 0.1) is 0 Å². The van der Waals surface area contributed by atoms with E-state index in [2.05, 4.69) is 4.90 Å². The first-order valence-corrected chi connectivity index (χ1v) is 10.5. The summed E-state index contributed by atoms with van der Waals surface area (Å²) < 4.78 is 17.3. The number of carbonyl (C=O) groups is 1. The molecule has 1 aliphatic heterocycles. The van der Waals surface area contributed by atoms with Crippen LogP contribution in [-0.2, 0) is 9.53 Å². The fraction of sp³-hybridized carbons (Fsp3) is 0.435. The molecule has 1 unspecified atom stereocenters. The molecule has 29 heavy (non-hydrogen) atoms. The zero-order chi connectivity index (χ0) is 20.7. The zero-order valence-electron chi connectivity index (χ0n) is 17.0. The molecule has 0 aliphatic carbocycles. The van der Waals surface area contributed by atoms with Crippen molar-refractivity contribution in [2.45, 2.75) is 38.6 Å². The van der Waals surface area contributed by atoms with Gasteiger partial charge < -0.3 is 14.2 Å². The summed E-state index contributed by atoms with van der Waals surface area (Å²) in [7, 11) is 0. The van der Waals surface area contributed by atoms with Crippen LogP contribution < -0.4 is 9.47 Å². The summed E-state index contributed by atoms with van der Waals surface area (Å²) in [4.78, 5) is 15.0. The Morgan fingerprint density at radius 2 is 1.52 bits per heavy atom. The second-order valence-electron chi connectivity index (χ2n) is 7.12. The lowest BCUT2D eigenvalue weighted by Crippen LogP contribution is -2.57. The molecular weight excluding hydrogens is 390 g/mol. The topological polar surface area (TPSA) is 48.0 Å². The lowest BCUT2D eigenvalue weighted by atomic mass is 9.95. The summed E-state index contributed by atoms with van der Waals surface area (Å²) in [6.07, 6.45) is 2.83. The van der Waals surface area contributed by atoms with Crippen molar-refractivity contribution in [1.82, 2.24) is 4.90 Å². The van der Waals surface area contributed by atoms with E-state index < -0.39 is 5.54 Å². The summed E-state index contributed by atoms with van der Waals surface area (Å²) in [6.45, 7) is 6.27. The quantitative estimate of drug-likeness (QED) is 0.517. The molecule has 2 aromatic carbocycles. The Kier molecular flexibility index (Phi) is 7.40. The number of esters is 1. The van der Waals surface area contributed by atoms with Crippen molar-refractivity contribution in [3.63, 3.8) is 0 Å². The summed E-state index contributed by atoms with van der Waals surface area (Å²) in [5, 5.41) is 0.667. The van der Waals surface area contributed by atoms with Gasteiger partial charge in [0.25, 0.3) is 0 Å². The molecule has 1 saturated heterocycles. The third-order valence-corrected chi connectivity index (χ3v) is 5.55. The molecule has 0 radical (unpaired) electrons. The van der Waals surface area contributed by atoms with Crippen molar-refractivity contribution in [3.8, 4) is 17.2 Å². The van der Waals surface area contributed by atoms with Gasteiger partial charge in [0.1, 0.15) is 23.9 Å². The van der Waals surface area contributed by atoms with E-state index in [4.69, 9.17) is 25.8 Å². The van der Waals surface area contributed by atoms with Crippen LogP contribution in [0.25, 0.3) is 0 Å². The molecular formula is C23H28ClNO4. The van der Waals surface area contributed by atoms with Gasteiger partial charge in [-0.05, 0) is 87.8 Å².